The van der Waals surface area contributed by atoms with Gasteiger partial charge in [-0.3, -0.25) is 4.98 Å². The maximum atomic E-state index is 12.8. The SMILES string of the molecule is Cc1ccc(S(=O)(=O)N(C)C(C)c2ccncc2)cc1C(=O)O. The molecule has 1 aromatic heterocycles. The minimum atomic E-state index is -3.81. The van der Waals surface area contributed by atoms with Crippen LogP contribution in [0.4, 0.5) is 0 Å². The molecule has 0 aliphatic rings. The van der Waals surface area contributed by atoms with Gasteiger partial charge < -0.3 is 5.11 Å². The molecule has 0 radical (unpaired) electrons. The Hall–Kier alpha value is -2.25. The number of sulfonamides is 1. The van der Waals surface area contributed by atoms with Gasteiger partial charge in [0.05, 0.1) is 10.5 Å². The number of aromatic nitrogens is 1. The number of aryl methyl sites for hydroxylation is 1. The van der Waals surface area contributed by atoms with Gasteiger partial charge >= 0.3 is 5.97 Å². The molecule has 6 nitrogen and oxygen atoms in total. The van der Waals surface area contributed by atoms with Crippen molar-refractivity contribution >= 4 is 16.0 Å². The van der Waals surface area contributed by atoms with Gasteiger partial charge in [-0.05, 0) is 49.2 Å². The third kappa shape index (κ3) is 3.40. The topological polar surface area (TPSA) is 87.6 Å². The standard InChI is InChI=1S/C16H18N2O4S/c1-11-4-5-14(10-15(11)16(19)20)23(21,22)18(3)12(2)13-6-8-17-9-7-13/h4-10,12H,1-3H3,(H,19,20). The first kappa shape index (κ1) is 17.1. The lowest BCUT2D eigenvalue weighted by Crippen LogP contribution is -2.30. The van der Waals surface area contributed by atoms with E-state index in [1.54, 1.807) is 38.4 Å². The zero-order valence-electron chi connectivity index (χ0n) is 13.1. The number of carboxylic acid groups (broad SMARTS) is 1. The van der Waals surface area contributed by atoms with Gasteiger partial charge in [0.15, 0.2) is 0 Å². The first-order valence-electron chi connectivity index (χ1n) is 6.97. The Bertz CT molecular complexity index is 819. The van der Waals surface area contributed by atoms with Crippen molar-refractivity contribution in [1.82, 2.24) is 9.29 Å². The predicted octanol–water partition coefficient (Wildman–Crippen LogP) is 2.47. The molecular weight excluding hydrogens is 316 g/mol. The molecule has 1 unspecified atom stereocenters. The van der Waals surface area contributed by atoms with Crippen molar-refractivity contribution in [3.05, 3.63) is 59.4 Å². The lowest BCUT2D eigenvalue weighted by Gasteiger charge is -2.24. The van der Waals surface area contributed by atoms with E-state index in [4.69, 9.17) is 5.11 Å². The fourth-order valence-electron chi connectivity index (χ4n) is 2.22. The average Bonchev–Trinajstić information content (AvgIpc) is 2.54. The monoisotopic (exact) mass is 334 g/mol. The molecule has 0 saturated heterocycles. The molecule has 23 heavy (non-hydrogen) atoms. The zero-order chi connectivity index (χ0) is 17.2. The lowest BCUT2D eigenvalue weighted by molar-refractivity contribution is 0.0696. The Morgan fingerprint density at radius 2 is 1.83 bits per heavy atom. The second-order valence-corrected chi connectivity index (χ2v) is 7.26. The Morgan fingerprint density at radius 3 is 2.39 bits per heavy atom. The number of hydrogen-bond donors (Lipinski definition) is 1. The van der Waals surface area contributed by atoms with Gasteiger partial charge in [0, 0.05) is 25.5 Å². The van der Waals surface area contributed by atoms with Crippen molar-refractivity contribution in [2.45, 2.75) is 24.8 Å². The molecule has 1 aromatic carbocycles. The Kier molecular flexibility index (Phi) is 4.82. The summed E-state index contributed by atoms with van der Waals surface area (Å²) in [5, 5.41) is 9.17. The van der Waals surface area contributed by atoms with Gasteiger partial charge in [0.2, 0.25) is 10.0 Å². The highest BCUT2D eigenvalue weighted by atomic mass is 32.2. The van der Waals surface area contributed by atoms with Gasteiger partial charge in [-0.2, -0.15) is 4.31 Å². The van der Waals surface area contributed by atoms with Crippen LogP contribution in [0.2, 0.25) is 0 Å². The maximum absolute atomic E-state index is 12.8. The van der Waals surface area contributed by atoms with Crippen LogP contribution in [-0.2, 0) is 10.0 Å². The number of nitrogens with zero attached hydrogens (tertiary/aromatic N) is 2. The van der Waals surface area contributed by atoms with Crippen LogP contribution in [0.5, 0.6) is 0 Å². The van der Waals surface area contributed by atoms with Gasteiger partial charge in [-0.15, -0.1) is 0 Å². The van der Waals surface area contributed by atoms with Crippen molar-refractivity contribution in [2.75, 3.05) is 7.05 Å². The summed E-state index contributed by atoms with van der Waals surface area (Å²) in [6.07, 6.45) is 3.20. The second kappa shape index (κ2) is 6.47. The summed E-state index contributed by atoms with van der Waals surface area (Å²) in [6.45, 7) is 3.39. The number of carbonyl (C=O) groups is 1. The number of benzene rings is 1. The normalized spacial score (nSPS) is 13.0. The van der Waals surface area contributed by atoms with E-state index in [2.05, 4.69) is 4.98 Å². The highest BCUT2D eigenvalue weighted by Gasteiger charge is 2.27. The van der Waals surface area contributed by atoms with Crippen molar-refractivity contribution in [1.29, 1.82) is 0 Å². The first-order chi connectivity index (χ1) is 10.7. The van der Waals surface area contributed by atoms with Crippen LogP contribution in [0.15, 0.2) is 47.6 Å². The van der Waals surface area contributed by atoms with E-state index in [1.165, 1.54) is 29.6 Å². The molecule has 0 aliphatic heterocycles. The minimum Gasteiger partial charge on any atom is -0.478 e. The van der Waals surface area contributed by atoms with Crippen LogP contribution in [-0.4, -0.2) is 35.8 Å². The van der Waals surface area contributed by atoms with Crippen molar-refractivity contribution in [3.63, 3.8) is 0 Å². The largest absolute Gasteiger partial charge is 0.478 e. The molecule has 1 heterocycles. The fourth-order valence-corrected chi connectivity index (χ4v) is 3.60. The first-order valence-corrected chi connectivity index (χ1v) is 8.41. The Balaban J connectivity index is 2.42. The summed E-state index contributed by atoms with van der Waals surface area (Å²) in [5.74, 6) is -1.15. The van der Waals surface area contributed by atoms with Crippen LogP contribution in [0, 0.1) is 6.92 Å². The van der Waals surface area contributed by atoms with Gasteiger partial charge in [0.1, 0.15) is 0 Å². The quantitative estimate of drug-likeness (QED) is 0.907. The number of hydrogen-bond acceptors (Lipinski definition) is 4. The number of carboxylic acids is 1. The molecule has 0 aliphatic carbocycles. The summed E-state index contributed by atoms with van der Waals surface area (Å²) >= 11 is 0. The number of aromatic carboxylic acids is 1. The molecule has 122 valence electrons. The van der Waals surface area contributed by atoms with Crippen LogP contribution in [0.1, 0.15) is 34.5 Å². The van der Waals surface area contributed by atoms with E-state index in [0.29, 0.717) is 5.56 Å². The molecule has 0 bridgehead atoms. The maximum Gasteiger partial charge on any atom is 0.335 e. The lowest BCUT2D eigenvalue weighted by atomic mass is 10.1. The molecule has 2 rings (SSSR count). The molecule has 0 amide bonds. The summed E-state index contributed by atoms with van der Waals surface area (Å²) in [6, 6.07) is 7.21. The number of pyridine rings is 1. The summed E-state index contributed by atoms with van der Waals surface area (Å²) < 4.78 is 26.7. The predicted molar refractivity (Wildman–Crippen MR) is 85.7 cm³/mol. The van der Waals surface area contributed by atoms with Gasteiger partial charge in [-0.25, -0.2) is 13.2 Å². The minimum absolute atomic E-state index is 0.0176. The van der Waals surface area contributed by atoms with Crippen molar-refractivity contribution in [3.8, 4) is 0 Å². The van der Waals surface area contributed by atoms with E-state index in [-0.39, 0.29) is 10.5 Å². The van der Waals surface area contributed by atoms with E-state index in [0.717, 1.165) is 5.56 Å². The Morgan fingerprint density at radius 1 is 1.22 bits per heavy atom. The van der Waals surface area contributed by atoms with Crippen LogP contribution in [0.3, 0.4) is 0 Å². The van der Waals surface area contributed by atoms with E-state index in [1.807, 2.05) is 0 Å². The fraction of sp³-hybridized carbons (Fsp3) is 0.250. The molecule has 0 fully saturated rings. The van der Waals surface area contributed by atoms with Gasteiger partial charge in [-0.1, -0.05) is 6.07 Å². The Labute approximate surface area is 135 Å². The number of rotatable bonds is 5. The molecule has 1 atom stereocenters. The van der Waals surface area contributed by atoms with Crippen molar-refractivity contribution in [2.24, 2.45) is 0 Å². The van der Waals surface area contributed by atoms with Crippen LogP contribution < -0.4 is 0 Å². The average molecular weight is 334 g/mol. The van der Waals surface area contributed by atoms with Gasteiger partial charge in [0.25, 0.3) is 0 Å². The molecular formula is C16H18N2O4S. The summed E-state index contributed by atoms with van der Waals surface area (Å²) in [4.78, 5) is 15.1. The summed E-state index contributed by atoms with van der Waals surface area (Å²) in [7, 11) is -2.34. The van der Waals surface area contributed by atoms with Crippen LogP contribution in [0.25, 0.3) is 0 Å². The third-order valence-electron chi connectivity index (χ3n) is 3.85. The molecule has 0 spiro atoms. The zero-order valence-corrected chi connectivity index (χ0v) is 13.9. The van der Waals surface area contributed by atoms with Crippen molar-refractivity contribution < 1.29 is 18.3 Å². The smallest absolute Gasteiger partial charge is 0.335 e. The molecule has 2 aromatic rings. The highest BCUT2D eigenvalue weighted by Crippen LogP contribution is 2.26. The molecule has 0 saturated carbocycles. The third-order valence-corrected chi connectivity index (χ3v) is 5.77. The molecule has 1 N–H and O–H groups in total. The molecule has 7 heteroatoms. The highest BCUT2D eigenvalue weighted by molar-refractivity contribution is 7.89. The van der Waals surface area contributed by atoms with E-state index < -0.39 is 22.0 Å². The van der Waals surface area contributed by atoms with E-state index >= 15 is 0 Å². The summed E-state index contributed by atoms with van der Waals surface area (Å²) in [5.41, 5.74) is 1.30. The second-order valence-electron chi connectivity index (χ2n) is 5.26. The van der Waals surface area contributed by atoms with Crippen LogP contribution >= 0.6 is 0 Å². The van der Waals surface area contributed by atoms with E-state index in [9.17, 15) is 13.2 Å².